The highest BCUT2D eigenvalue weighted by atomic mass is 16.5. The summed E-state index contributed by atoms with van der Waals surface area (Å²) in [4.78, 5) is 1.95. The lowest BCUT2D eigenvalue weighted by molar-refractivity contribution is 0.218. The lowest BCUT2D eigenvalue weighted by atomic mass is 10.1. The third-order valence-electron chi connectivity index (χ3n) is 2.70. The molecule has 0 fully saturated rings. The van der Waals surface area contributed by atoms with Gasteiger partial charge in [0.25, 0.3) is 0 Å². The van der Waals surface area contributed by atoms with Gasteiger partial charge in [-0.25, -0.2) is 0 Å². The van der Waals surface area contributed by atoms with Gasteiger partial charge < -0.3 is 19.8 Å². The smallest absolute Gasteiger partial charge is 0.119 e. The first-order chi connectivity index (χ1) is 7.72. The molecule has 0 saturated carbocycles. The number of benzene rings is 1. The minimum atomic E-state index is -0.0570. The van der Waals surface area contributed by atoms with E-state index in [1.807, 2.05) is 36.2 Å². The normalized spacial score (nSPS) is 12.2. The zero-order valence-corrected chi connectivity index (χ0v) is 9.76. The molecule has 4 heteroatoms. The van der Waals surface area contributed by atoms with Gasteiger partial charge >= 0.3 is 0 Å². The lowest BCUT2D eigenvalue weighted by Crippen LogP contribution is -2.35. The van der Waals surface area contributed by atoms with Gasteiger partial charge in [-0.15, -0.1) is 0 Å². The number of aliphatic hydroxyl groups excluding tert-OH is 2. The predicted octanol–water partition coefficient (Wildman–Crippen LogP) is 0.875. The zero-order chi connectivity index (χ0) is 12.0. The van der Waals surface area contributed by atoms with Gasteiger partial charge in [-0.3, -0.25) is 0 Å². The van der Waals surface area contributed by atoms with Gasteiger partial charge in [-0.1, -0.05) is 0 Å². The van der Waals surface area contributed by atoms with Crippen LogP contribution in [0.1, 0.15) is 6.42 Å². The van der Waals surface area contributed by atoms with E-state index < -0.39 is 0 Å². The van der Waals surface area contributed by atoms with Crippen LogP contribution in [0, 0.1) is 0 Å². The van der Waals surface area contributed by atoms with Crippen LogP contribution in [0.25, 0.3) is 0 Å². The van der Waals surface area contributed by atoms with Gasteiger partial charge in [0.15, 0.2) is 0 Å². The molecule has 0 amide bonds. The summed E-state index contributed by atoms with van der Waals surface area (Å²) in [5.41, 5.74) is 0.994. The number of nitrogens with zero attached hydrogens (tertiary/aromatic N) is 1. The number of likely N-dealkylation sites (N-methyl/N-ethyl adjacent to an activating group) is 1. The van der Waals surface area contributed by atoms with Crippen molar-refractivity contribution in [2.24, 2.45) is 0 Å². The van der Waals surface area contributed by atoms with E-state index in [2.05, 4.69) is 0 Å². The van der Waals surface area contributed by atoms with E-state index in [0.717, 1.165) is 11.4 Å². The van der Waals surface area contributed by atoms with Crippen LogP contribution in [0.4, 0.5) is 5.69 Å². The molecule has 2 N–H and O–H groups in total. The van der Waals surface area contributed by atoms with Crippen LogP contribution in [-0.4, -0.2) is 43.6 Å². The highest BCUT2D eigenvalue weighted by Crippen LogP contribution is 2.20. The van der Waals surface area contributed by atoms with E-state index in [0.29, 0.717) is 6.42 Å². The average molecular weight is 225 g/mol. The van der Waals surface area contributed by atoms with Crippen LogP contribution in [0.5, 0.6) is 5.75 Å². The van der Waals surface area contributed by atoms with Gasteiger partial charge in [0.2, 0.25) is 0 Å². The third-order valence-corrected chi connectivity index (χ3v) is 2.70. The standard InChI is InChI=1S/C12H19NO3/c1-13(11(9-15)7-8-14)10-3-5-12(16-2)6-4-10/h3-6,11,14-15H,7-9H2,1-2H3. The Kier molecular flexibility index (Phi) is 5.08. The van der Waals surface area contributed by atoms with E-state index in [1.165, 1.54) is 0 Å². The Hall–Kier alpha value is -1.26. The number of rotatable bonds is 6. The molecule has 1 unspecified atom stereocenters. The van der Waals surface area contributed by atoms with Gasteiger partial charge in [0.05, 0.1) is 19.8 Å². The van der Waals surface area contributed by atoms with Crippen LogP contribution >= 0.6 is 0 Å². The van der Waals surface area contributed by atoms with E-state index in [-0.39, 0.29) is 19.3 Å². The number of aliphatic hydroxyl groups is 2. The van der Waals surface area contributed by atoms with E-state index in [1.54, 1.807) is 7.11 Å². The van der Waals surface area contributed by atoms with Gasteiger partial charge in [0, 0.05) is 19.3 Å². The lowest BCUT2D eigenvalue weighted by Gasteiger charge is -2.28. The molecule has 90 valence electrons. The highest BCUT2D eigenvalue weighted by molar-refractivity contribution is 5.49. The Balaban J connectivity index is 2.73. The number of methoxy groups -OCH3 is 1. The fraction of sp³-hybridized carbons (Fsp3) is 0.500. The summed E-state index contributed by atoms with van der Waals surface area (Å²) >= 11 is 0. The first-order valence-electron chi connectivity index (χ1n) is 5.31. The van der Waals surface area contributed by atoms with Crippen molar-refractivity contribution in [1.29, 1.82) is 0 Å². The van der Waals surface area contributed by atoms with Crippen molar-refractivity contribution in [1.82, 2.24) is 0 Å². The summed E-state index contributed by atoms with van der Waals surface area (Å²) in [5, 5.41) is 18.1. The Morgan fingerprint density at radius 3 is 2.31 bits per heavy atom. The Morgan fingerprint density at radius 1 is 1.25 bits per heavy atom. The van der Waals surface area contributed by atoms with Crippen LogP contribution in [0.3, 0.4) is 0 Å². The first kappa shape index (κ1) is 12.8. The maximum atomic E-state index is 9.21. The first-order valence-corrected chi connectivity index (χ1v) is 5.31. The van der Waals surface area contributed by atoms with E-state index in [9.17, 15) is 5.11 Å². The summed E-state index contributed by atoms with van der Waals surface area (Å²) in [6.45, 7) is 0.106. The second kappa shape index (κ2) is 6.35. The topological polar surface area (TPSA) is 52.9 Å². The molecule has 0 aromatic heterocycles. The maximum Gasteiger partial charge on any atom is 0.119 e. The quantitative estimate of drug-likeness (QED) is 0.754. The maximum absolute atomic E-state index is 9.21. The van der Waals surface area contributed by atoms with Crippen LogP contribution in [-0.2, 0) is 0 Å². The minimum absolute atomic E-state index is 0.0308. The molecule has 1 rings (SSSR count). The van der Waals surface area contributed by atoms with Crippen molar-refractivity contribution in [2.45, 2.75) is 12.5 Å². The number of hydrogen-bond acceptors (Lipinski definition) is 4. The Morgan fingerprint density at radius 2 is 1.88 bits per heavy atom. The molecule has 1 atom stereocenters. The highest BCUT2D eigenvalue weighted by Gasteiger charge is 2.13. The Bertz CT molecular complexity index is 300. The summed E-state index contributed by atoms with van der Waals surface area (Å²) in [5.74, 6) is 0.805. The molecule has 0 bridgehead atoms. The van der Waals surface area contributed by atoms with Crippen molar-refractivity contribution in [3.8, 4) is 5.75 Å². The predicted molar refractivity (Wildman–Crippen MR) is 64.0 cm³/mol. The van der Waals surface area contributed by atoms with Crippen LogP contribution < -0.4 is 9.64 Å². The molecule has 0 heterocycles. The van der Waals surface area contributed by atoms with Crippen LogP contribution in [0.2, 0.25) is 0 Å². The van der Waals surface area contributed by atoms with Gasteiger partial charge in [0.1, 0.15) is 5.75 Å². The van der Waals surface area contributed by atoms with E-state index >= 15 is 0 Å². The minimum Gasteiger partial charge on any atom is -0.497 e. The van der Waals surface area contributed by atoms with Crippen LogP contribution in [0.15, 0.2) is 24.3 Å². The average Bonchev–Trinajstić information content (AvgIpc) is 2.35. The van der Waals surface area contributed by atoms with Crippen molar-refractivity contribution < 1.29 is 14.9 Å². The van der Waals surface area contributed by atoms with Crippen molar-refractivity contribution in [3.63, 3.8) is 0 Å². The summed E-state index contributed by atoms with van der Waals surface area (Å²) in [7, 11) is 3.53. The molecule has 0 aliphatic carbocycles. The molecule has 0 saturated heterocycles. The fourth-order valence-electron chi connectivity index (χ4n) is 1.58. The summed E-state index contributed by atoms with van der Waals surface area (Å²) in [6.07, 6.45) is 0.555. The van der Waals surface area contributed by atoms with Gasteiger partial charge in [-0.05, 0) is 30.7 Å². The largest absolute Gasteiger partial charge is 0.497 e. The fourth-order valence-corrected chi connectivity index (χ4v) is 1.58. The SMILES string of the molecule is COc1ccc(N(C)C(CO)CCO)cc1. The molecular weight excluding hydrogens is 206 g/mol. The molecule has 0 aliphatic heterocycles. The molecule has 0 aliphatic rings. The molecule has 1 aromatic carbocycles. The zero-order valence-electron chi connectivity index (χ0n) is 9.76. The third kappa shape index (κ3) is 3.12. The molecule has 16 heavy (non-hydrogen) atoms. The summed E-state index contributed by atoms with van der Waals surface area (Å²) < 4.78 is 5.08. The van der Waals surface area contributed by atoms with E-state index in [4.69, 9.17) is 9.84 Å². The number of ether oxygens (including phenoxy) is 1. The van der Waals surface area contributed by atoms with Gasteiger partial charge in [-0.2, -0.15) is 0 Å². The molecule has 1 aromatic rings. The Labute approximate surface area is 96.1 Å². The number of hydrogen-bond donors (Lipinski definition) is 2. The second-order valence-corrected chi connectivity index (χ2v) is 3.66. The second-order valence-electron chi connectivity index (χ2n) is 3.66. The summed E-state index contributed by atoms with van der Waals surface area (Å²) in [6, 6.07) is 7.55. The van der Waals surface area contributed by atoms with Crippen molar-refractivity contribution >= 4 is 5.69 Å². The van der Waals surface area contributed by atoms with Crippen molar-refractivity contribution in [3.05, 3.63) is 24.3 Å². The molecule has 0 radical (unpaired) electrons. The monoisotopic (exact) mass is 225 g/mol. The van der Waals surface area contributed by atoms with Crippen molar-refractivity contribution in [2.75, 3.05) is 32.3 Å². The number of anilines is 1. The molecule has 0 spiro atoms. The molecular formula is C12H19NO3. The molecule has 4 nitrogen and oxygen atoms in total.